The Labute approximate surface area is 76.6 Å². The molecule has 0 radical (unpaired) electrons. The van der Waals surface area contributed by atoms with E-state index in [9.17, 15) is 9.59 Å². The molecule has 2 atom stereocenters. The molecule has 0 saturated heterocycles. The summed E-state index contributed by atoms with van der Waals surface area (Å²) in [6.07, 6.45) is 1.13. The topological polar surface area (TPSA) is 74.6 Å². The molecule has 1 rings (SSSR count). The number of carboxylic acids is 2. The summed E-state index contributed by atoms with van der Waals surface area (Å²) in [5.41, 5.74) is -1.71. The summed E-state index contributed by atoms with van der Waals surface area (Å²) in [4.78, 5) is 21.7. The van der Waals surface area contributed by atoms with E-state index in [0.717, 1.165) is 0 Å². The molecule has 0 heterocycles. The van der Waals surface area contributed by atoms with Crippen LogP contribution in [0.3, 0.4) is 0 Å². The predicted octanol–water partition coefficient (Wildman–Crippen LogP) is 1.35. The maximum absolute atomic E-state index is 10.8. The van der Waals surface area contributed by atoms with Gasteiger partial charge in [0.15, 0.2) is 0 Å². The highest BCUT2D eigenvalue weighted by Gasteiger charge is 2.51. The Hall–Kier alpha value is -1.06. The van der Waals surface area contributed by atoms with E-state index in [2.05, 4.69) is 0 Å². The van der Waals surface area contributed by atoms with Gasteiger partial charge in [-0.3, -0.25) is 9.59 Å². The Balaban J connectivity index is 2.85. The normalized spacial score (nSPS) is 38.9. The van der Waals surface area contributed by atoms with Crippen LogP contribution in [-0.4, -0.2) is 22.2 Å². The van der Waals surface area contributed by atoms with Crippen LogP contribution in [0.2, 0.25) is 0 Å². The second kappa shape index (κ2) is 2.72. The molecule has 0 aliphatic heterocycles. The van der Waals surface area contributed by atoms with Gasteiger partial charge in [-0.25, -0.2) is 0 Å². The van der Waals surface area contributed by atoms with E-state index in [4.69, 9.17) is 10.2 Å². The summed E-state index contributed by atoms with van der Waals surface area (Å²) < 4.78 is 0. The van der Waals surface area contributed by atoms with E-state index in [0.29, 0.717) is 12.8 Å². The minimum atomic E-state index is -0.891. The smallest absolute Gasteiger partial charge is 0.309 e. The van der Waals surface area contributed by atoms with Gasteiger partial charge < -0.3 is 10.2 Å². The van der Waals surface area contributed by atoms with Crippen LogP contribution in [-0.2, 0) is 9.59 Å². The molecule has 0 aromatic heterocycles. The van der Waals surface area contributed by atoms with Gasteiger partial charge in [0.25, 0.3) is 0 Å². The van der Waals surface area contributed by atoms with E-state index in [1.165, 1.54) is 0 Å². The Bertz CT molecular complexity index is 234. The van der Waals surface area contributed by atoms with Crippen molar-refractivity contribution >= 4 is 11.9 Å². The van der Waals surface area contributed by atoms with Crippen LogP contribution >= 0.6 is 0 Å². The standard InChI is InChI=1S/C9H14O4/c1-8(6(10)11)3-4-9(2,5-8)7(12)13/h3-5H2,1-2H3,(H,10,11)(H,12,13). The fourth-order valence-electron chi connectivity index (χ4n) is 1.95. The quantitative estimate of drug-likeness (QED) is 0.682. The fraction of sp³-hybridized carbons (Fsp3) is 0.778. The van der Waals surface area contributed by atoms with Gasteiger partial charge in [-0.05, 0) is 33.1 Å². The van der Waals surface area contributed by atoms with Gasteiger partial charge in [0.2, 0.25) is 0 Å². The van der Waals surface area contributed by atoms with Crippen molar-refractivity contribution < 1.29 is 19.8 Å². The van der Waals surface area contributed by atoms with Crippen molar-refractivity contribution in [3.8, 4) is 0 Å². The number of hydrogen-bond donors (Lipinski definition) is 2. The minimum absolute atomic E-state index is 0.227. The summed E-state index contributed by atoms with van der Waals surface area (Å²) in [6, 6.07) is 0. The largest absolute Gasteiger partial charge is 0.481 e. The first kappa shape index (κ1) is 10.0. The van der Waals surface area contributed by atoms with Crippen LogP contribution in [0.5, 0.6) is 0 Å². The average molecular weight is 186 g/mol. The van der Waals surface area contributed by atoms with E-state index in [1.54, 1.807) is 13.8 Å². The first-order chi connectivity index (χ1) is 5.80. The number of carbonyl (C=O) groups is 2. The number of aliphatic carboxylic acids is 2. The molecule has 0 amide bonds. The molecule has 1 saturated carbocycles. The number of carboxylic acid groups (broad SMARTS) is 2. The Morgan fingerprint density at radius 3 is 1.46 bits per heavy atom. The van der Waals surface area contributed by atoms with Crippen LogP contribution in [0.15, 0.2) is 0 Å². The molecule has 0 bridgehead atoms. The number of rotatable bonds is 2. The van der Waals surface area contributed by atoms with Crippen molar-refractivity contribution in [3.63, 3.8) is 0 Å². The fourth-order valence-corrected chi connectivity index (χ4v) is 1.95. The maximum Gasteiger partial charge on any atom is 0.309 e. The molecule has 4 nitrogen and oxygen atoms in total. The number of hydrogen-bond acceptors (Lipinski definition) is 2. The van der Waals surface area contributed by atoms with Gasteiger partial charge in [-0.1, -0.05) is 0 Å². The van der Waals surface area contributed by atoms with Crippen molar-refractivity contribution in [1.29, 1.82) is 0 Å². The Kier molecular flexibility index (Phi) is 2.10. The monoisotopic (exact) mass is 186 g/mol. The lowest BCUT2D eigenvalue weighted by Crippen LogP contribution is -2.30. The third-order valence-electron chi connectivity index (χ3n) is 3.04. The lowest BCUT2D eigenvalue weighted by Gasteiger charge is -2.21. The zero-order valence-corrected chi connectivity index (χ0v) is 7.83. The highest BCUT2D eigenvalue weighted by atomic mass is 16.4. The highest BCUT2D eigenvalue weighted by Crippen LogP contribution is 2.49. The van der Waals surface area contributed by atoms with E-state index < -0.39 is 22.8 Å². The molecule has 1 fully saturated rings. The van der Waals surface area contributed by atoms with Gasteiger partial charge in [0.05, 0.1) is 10.8 Å². The average Bonchev–Trinajstić information content (AvgIpc) is 2.30. The second-order valence-corrected chi connectivity index (χ2v) is 4.41. The molecule has 0 aromatic rings. The van der Waals surface area contributed by atoms with Crippen LogP contribution in [0.4, 0.5) is 0 Å². The van der Waals surface area contributed by atoms with E-state index in [-0.39, 0.29) is 6.42 Å². The summed E-state index contributed by atoms with van der Waals surface area (Å²) in [7, 11) is 0. The van der Waals surface area contributed by atoms with Crippen LogP contribution in [0, 0.1) is 10.8 Å². The molecule has 4 heteroatoms. The SMILES string of the molecule is CC1(C(=O)O)CCC(C)(C(=O)O)C1. The Morgan fingerprint density at radius 2 is 1.31 bits per heavy atom. The van der Waals surface area contributed by atoms with Crippen LogP contribution in [0.1, 0.15) is 33.1 Å². The minimum Gasteiger partial charge on any atom is -0.481 e. The summed E-state index contributed by atoms with van der Waals surface area (Å²) >= 11 is 0. The first-order valence-electron chi connectivity index (χ1n) is 4.27. The first-order valence-corrected chi connectivity index (χ1v) is 4.27. The molecule has 0 aromatic carbocycles. The molecular formula is C9H14O4. The summed E-state index contributed by atoms with van der Waals surface area (Å²) in [6.45, 7) is 3.23. The lowest BCUT2D eigenvalue weighted by molar-refractivity contribution is -0.151. The third-order valence-corrected chi connectivity index (χ3v) is 3.04. The second-order valence-electron chi connectivity index (χ2n) is 4.41. The molecule has 74 valence electrons. The summed E-state index contributed by atoms with van der Waals surface area (Å²) in [5, 5.41) is 17.8. The zero-order valence-electron chi connectivity index (χ0n) is 7.83. The van der Waals surface area contributed by atoms with Crippen molar-refractivity contribution in [1.82, 2.24) is 0 Å². The molecule has 1 aliphatic rings. The van der Waals surface area contributed by atoms with Gasteiger partial charge >= 0.3 is 11.9 Å². The zero-order chi connectivity index (χ0) is 10.3. The van der Waals surface area contributed by atoms with Crippen molar-refractivity contribution in [2.24, 2.45) is 10.8 Å². The molecule has 1 aliphatic carbocycles. The molecule has 2 unspecified atom stereocenters. The van der Waals surface area contributed by atoms with Crippen LogP contribution < -0.4 is 0 Å². The molecule has 2 N–H and O–H groups in total. The molecular weight excluding hydrogens is 172 g/mol. The van der Waals surface area contributed by atoms with Gasteiger partial charge in [0.1, 0.15) is 0 Å². The van der Waals surface area contributed by atoms with Gasteiger partial charge in [0, 0.05) is 0 Å². The summed E-state index contributed by atoms with van der Waals surface area (Å²) in [5.74, 6) is -1.78. The lowest BCUT2D eigenvalue weighted by atomic mass is 9.82. The maximum atomic E-state index is 10.8. The van der Waals surface area contributed by atoms with Crippen LogP contribution in [0.25, 0.3) is 0 Å². The third kappa shape index (κ3) is 1.53. The van der Waals surface area contributed by atoms with Gasteiger partial charge in [-0.15, -0.1) is 0 Å². The predicted molar refractivity (Wildman–Crippen MR) is 45.3 cm³/mol. The van der Waals surface area contributed by atoms with Crippen molar-refractivity contribution in [2.45, 2.75) is 33.1 Å². The molecule has 13 heavy (non-hydrogen) atoms. The Morgan fingerprint density at radius 1 is 1.00 bits per heavy atom. The van der Waals surface area contributed by atoms with E-state index >= 15 is 0 Å². The van der Waals surface area contributed by atoms with Crippen molar-refractivity contribution in [3.05, 3.63) is 0 Å². The van der Waals surface area contributed by atoms with Crippen molar-refractivity contribution in [2.75, 3.05) is 0 Å². The van der Waals surface area contributed by atoms with Gasteiger partial charge in [-0.2, -0.15) is 0 Å². The molecule has 0 spiro atoms. The van der Waals surface area contributed by atoms with E-state index in [1.807, 2.05) is 0 Å². The highest BCUT2D eigenvalue weighted by molar-refractivity contribution is 5.80.